The Kier molecular flexibility index (Phi) is 4.42. The molecule has 1 atom stereocenters. The highest BCUT2D eigenvalue weighted by Crippen LogP contribution is 2.21. The predicted octanol–water partition coefficient (Wildman–Crippen LogP) is 2.26. The average Bonchev–Trinajstić information content (AvgIpc) is 2.46. The fourth-order valence-corrected chi connectivity index (χ4v) is 2.08. The van der Waals surface area contributed by atoms with Crippen LogP contribution >= 0.6 is 0 Å². The maximum atomic E-state index is 12.1. The molecule has 5 heteroatoms. The normalized spacial score (nSPS) is 12.0. The van der Waals surface area contributed by atoms with Crippen LogP contribution < -0.4 is 11.1 Å². The summed E-state index contributed by atoms with van der Waals surface area (Å²) in [5, 5.41) is 13.4. The van der Waals surface area contributed by atoms with E-state index < -0.39 is 11.9 Å². The molecular weight excluding hydrogens is 268 g/mol. The average molecular weight is 286 g/mol. The molecule has 21 heavy (non-hydrogen) atoms. The van der Waals surface area contributed by atoms with E-state index >= 15 is 0 Å². The third-order valence-electron chi connectivity index (χ3n) is 3.45. The molecule has 0 aliphatic carbocycles. The lowest BCUT2D eigenvalue weighted by Crippen LogP contribution is -2.27. The summed E-state index contributed by atoms with van der Waals surface area (Å²) in [6.45, 7) is 1.91. The quantitative estimate of drug-likeness (QED) is 0.735. The molecule has 4 N–H and O–H groups in total. The number of hydrogen-bond acceptors (Lipinski definition) is 3. The summed E-state index contributed by atoms with van der Waals surface area (Å²) in [4.78, 5) is 22.8. The fourth-order valence-electron chi connectivity index (χ4n) is 2.08. The molecule has 2 rings (SSSR count). The molecule has 0 aromatic heterocycles. The summed E-state index contributed by atoms with van der Waals surface area (Å²) in [6, 6.07) is 11.2. The monoisotopic (exact) mass is 286 g/mol. The van der Waals surface area contributed by atoms with Crippen molar-refractivity contribution in [2.24, 2.45) is 5.92 Å². The number of hydrogen-bond donors (Lipinski definition) is 3. The van der Waals surface area contributed by atoms with Crippen molar-refractivity contribution >= 4 is 28.3 Å². The van der Waals surface area contributed by atoms with E-state index in [1.165, 1.54) is 0 Å². The summed E-state index contributed by atoms with van der Waals surface area (Å²) >= 11 is 0. The van der Waals surface area contributed by atoms with Crippen molar-refractivity contribution in [3.63, 3.8) is 0 Å². The number of anilines is 1. The van der Waals surface area contributed by atoms with Crippen LogP contribution in [0.3, 0.4) is 0 Å². The molecule has 0 aliphatic rings. The molecule has 2 aromatic carbocycles. The first-order chi connectivity index (χ1) is 9.99. The maximum absolute atomic E-state index is 12.1. The minimum atomic E-state index is -0.866. The molecule has 0 aliphatic heterocycles. The molecule has 0 radical (unpaired) electrons. The van der Waals surface area contributed by atoms with E-state index in [4.69, 9.17) is 10.8 Å². The molecule has 1 amide bonds. The molecule has 5 nitrogen and oxygen atoms in total. The van der Waals surface area contributed by atoms with Gasteiger partial charge in [-0.25, -0.2) is 0 Å². The summed E-state index contributed by atoms with van der Waals surface area (Å²) in [6.07, 6.45) is 0.383. The van der Waals surface area contributed by atoms with Crippen LogP contribution in [0.5, 0.6) is 0 Å². The van der Waals surface area contributed by atoms with Gasteiger partial charge in [0.15, 0.2) is 0 Å². The standard InChI is InChI=1S/C16H18N2O3/c1-10(16(20)21)6-7-18-15(19)13-8-11-4-2-3-5-12(11)9-14(13)17/h2-5,8-10H,6-7,17H2,1H3,(H,18,19)(H,20,21). The summed E-state index contributed by atoms with van der Waals surface area (Å²) < 4.78 is 0. The number of benzene rings is 2. The van der Waals surface area contributed by atoms with Crippen LogP contribution in [-0.4, -0.2) is 23.5 Å². The van der Waals surface area contributed by atoms with Gasteiger partial charge in [-0.1, -0.05) is 31.2 Å². The number of carboxylic acid groups (broad SMARTS) is 1. The van der Waals surface area contributed by atoms with Gasteiger partial charge in [-0.15, -0.1) is 0 Å². The first-order valence-corrected chi connectivity index (χ1v) is 6.78. The Bertz CT molecular complexity index is 682. The van der Waals surface area contributed by atoms with Crippen molar-refractivity contribution in [2.75, 3.05) is 12.3 Å². The Hall–Kier alpha value is -2.56. The van der Waals surface area contributed by atoms with Crippen LogP contribution in [0.4, 0.5) is 5.69 Å². The van der Waals surface area contributed by atoms with Crippen LogP contribution in [0.2, 0.25) is 0 Å². The highest BCUT2D eigenvalue weighted by atomic mass is 16.4. The van der Waals surface area contributed by atoms with Crippen LogP contribution in [-0.2, 0) is 4.79 Å². The van der Waals surface area contributed by atoms with Crippen molar-refractivity contribution in [1.82, 2.24) is 5.32 Å². The van der Waals surface area contributed by atoms with E-state index in [2.05, 4.69) is 5.32 Å². The molecule has 0 heterocycles. The van der Waals surface area contributed by atoms with Gasteiger partial charge in [-0.3, -0.25) is 9.59 Å². The van der Waals surface area contributed by atoms with Crippen LogP contribution in [0, 0.1) is 5.92 Å². The number of nitrogens with two attached hydrogens (primary N) is 1. The molecule has 1 unspecified atom stereocenters. The zero-order chi connectivity index (χ0) is 15.4. The van der Waals surface area contributed by atoms with E-state index in [0.717, 1.165) is 10.8 Å². The second-order valence-electron chi connectivity index (χ2n) is 5.07. The SMILES string of the molecule is CC(CCNC(=O)c1cc2ccccc2cc1N)C(=O)O. The number of amides is 1. The number of nitrogens with one attached hydrogen (secondary N) is 1. The molecule has 0 spiro atoms. The van der Waals surface area contributed by atoms with Gasteiger partial charge in [0.1, 0.15) is 0 Å². The fraction of sp³-hybridized carbons (Fsp3) is 0.250. The Balaban J connectivity index is 2.09. The van der Waals surface area contributed by atoms with Crippen molar-refractivity contribution in [3.05, 3.63) is 42.0 Å². The highest BCUT2D eigenvalue weighted by molar-refractivity contribution is 6.03. The third-order valence-corrected chi connectivity index (χ3v) is 3.45. The number of rotatable bonds is 5. The van der Waals surface area contributed by atoms with Crippen molar-refractivity contribution in [1.29, 1.82) is 0 Å². The second-order valence-corrected chi connectivity index (χ2v) is 5.07. The topological polar surface area (TPSA) is 92.4 Å². The Morgan fingerprint density at radius 1 is 1.24 bits per heavy atom. The van der Waals surface area contributed by atoms with Gasteiger partial charge in [0.25, 0.3) is 5.91 Å². The zero-order valence-electron chi connectivity index (χ0n) is 11.8. The number of carbonyl (C=O) groups excluding carboxylic acids is 1. The van der Waals surface area contributed by atoms with Gasteiger partial charge in [0.05, 0.1) is 11.5 Å². The highest BCUT2D eigenvalue weighted by Gasteiger charge is 2.13. The van der Waals surface area contributed by atoms with Crippen molar-refractivity contribution in [2.45, 2.75) is 13.3 Å². The molecule has 0 saturated carbocycles. The van der Waals surface area contributed by atoms with Crippen molar-refractivity contribution in [3.8, 4) is 0 Å². The number of nitrogen functional groups attached to an aromatic ring is 1. The largest absolute Gasteiger partial charge is 0.481 e. The van der Waals surface area contributed by atoms with Gasteiger partial charge in [-0.05, 0) is 29.3 Å². The lowest BCUT2D eigenvalue weighted by Gasteiger charge is -2.10. The lowest BCUT2D eigenvalue weighted by atomic mass is 10.0. The summed E-state index contributed by atoms with van der Waals surface area (Å²) in [5.74, 6) is -1.63. The molecule has 110 valence electrons. The number of fused-ring (bicyclic) bond motifs is 1. The first-order valence-electron chi connectivity index (χ1n) is 6.78. The van der Waals surface area contributed by atoms with Crippen LogP contribution in [0.25, 0.3) is 10.8 Å². The molecule has 0 fully saturated rings. The van der Waals surface area contributed by atoms with Gasteiger partial charge in [0.2, 0.25) is 0 Å². The summed E-state index contributed by atoms with van der Waals surface area (Å²) in [5.41, 5.74) is 6.74. The van der Waals surface area contributed by atoms with E-state index in [1.807, 2.05) is 24.3 Å². The molecule has 2 aromatic rings. The smallest absolute Gasteiger partial charge is 0.306 e. The van der Waals surface area contributed by atoms with Crippen LogP contribution in [0.1, 0.15) is 23.7 Å². The van der Waals surface area contributed by atoms with E-state index in [-0.39, 0.29) is 5.91 Å². The van der Waals surface area contributed by atoms with E-state index in [1.54, 1.807) is 19.1 Å². The molecule has 0 saturated heterocycles. The summed E-state index contributed by atoms with van der Waals surface area (Å²) in [7, 11) is 0. The zero-order valence-corrected chi connectivity index (χ0v) is 11.8. The second kappa shape index (κ2) is 6.26. The predicted molar refractivity (Wildman–Crippen MR) is 82.1 cm³/mol. The lowest BCUT2D eigenvalue weighted by molar-refractivity contribution is -0.141. The van der Waals surface area contributed by atoms with Gasteiger partial charge in [0, 0.05) is 12.2 Å². The number of aliphatic carboxylic acids is 1. The molecule has 0 bridgehead atoms. The third kappa shape index (κ3) is 3.51. The maximum Gasteiger partial charge on any atom is 0.306 e. The molecular formula is C16H18N2O3. The minimum Gasteiger partial charge on any atom is -0.481 e. The van der Waals surface area contributed by atoms with Crippen molar-refractivity contribution < 1.29 is 14.7 Å². The van der Waals surface area contributed by atoms with Gasteiger partial charge < -0.3 is 16.2 Å². The van der Waals surface area contributed by atoms with Gasteiger partial charge in [-0.2, -0.15) is 0 Å². The minimum absolute atomic E-state index is 0.282. The Labute approximate surface area is 122 Å². The first kappa shape index (κ1) is 14.8. The van der Waals surface area contributed by atoms with Gasteiger partial charge >= 0.3 is 5.97 Å². The Morgan fingerprint density at radius 3 is 2.48 bits per heavy atom. The number of carboxylic acids is 1. The number of carbonyl (C=O) groups is 2. The van der Waals surface area contributed by atoms with E-state index in [0.29, 0.717) is 24.2 Å². The van der Waals surface area contributed by atoms with Crippen LogP contribution in [0.15, 0.2) is 36.4 Å². The van der Waals surface area contributed by atoms with E-state index in [9.17, 15) is 9.59 Å². The Morgan fingerprint density at radius 2 is 1.86 bits per heavy atom.